The van der Waals surface area contributed by atoms with Gasteiger partial charge in [0.05, 0.1) is 12.3 Å². The molecule has 0 saturated carbocycles. The molecule has 8 heteroatoms. The fourth-order valence-corrected chi connectivity index (χ4v) is 1.42. The number of nitrogens with zero attached hydrogens (tertiary/aromatic N) is 1. The molecule has 0 radical (unpaired) electrons. The van der Waals surface area contributed by atoms with Crippen LogP contribution >= 0.6 is 0 Å². The number of β-lactam (4-membered cyclic amide) rings is 1. The van der Waals surface area contributed by atoms with Crippen molar-refractivity contribution in [2.75, 3.05) is 12.3 Å². The van der Waals surface area contributed by atoms with Crippen molar-refractivity contribution in [1.82, 2.24) is 9.62 Å². The highest BCUT2D eigenvalue weighted by atomic mass is 32.2. The Kier molecular flexibility index (Phi) is 2.76. The largest absolute Gasteiger partial charge is 0.337 e. The predicted octanol–water partition coefficient (Wildman–Crippen LogP) is -1.78. The third-order valence-electron chi connectivity index (χ3n) is 1.83. The van der Waals surface area contributed by atoms with Gasteiger partial charge < -0.3 is 5.73 Å². The van der Waals surface area contributed by atoms with E-state index < -0.39 is 28.0 Å². The Bertz CT molecular complexity index is 363. The van der Waals surface area contributed by atoms with Crippen molar-refractivity contribution < 1.29 is 18.0 Å². The van der Waals surface area contributed by atoms with E-state index >= 15 is 0 Å². The van der Waals surface area contributed by atoms with Gasteiger partial charge in [0.25, 0.3) is 0 Å². The van der Waals surface area contributed by atoms with E-state index in [1.807, 2.05) is 0 Å². The molecule has 1 rings (SSSR count). The second-order valence-corrected chi connectivity index (χ2v) is 4.88. The van der Waals surface area contributed by atoms with Crippen LogP contribution in [0.25, 0.3) is 0 Å². The number of sulfonamides is 1. The quantitative estimate of drug-likeness (QED) is 0.535. The summed E-state index contributed by atoms with van der Waals surface area (Å²) in [5.74, 6) is -0.777. The first-order valence-corrected chi connectivity index (χ1v) is 5.64. The van der Waals surface area contributed by atoms with Crippen LogP contribution in [0, 0.1) is 0 Å². The summed E-state index contributed by atoms with van der Waals surface area (Å²) in [7, 11) is -3.62. The molecule has 80 valence electrons. The van der Waals surface area contributed by atoms with Crippen molar-refractivity contribution in [2.45, 2.75) is 13.0 Å². The van der Waals surface area contributed by atoms with E-state index in [2.05, 4.69) is 0 Å². The molecule has 0 aromatic carbocycles. The van der Waals surface area contributed by atoms with E-state index in [1.54, 1.807) is 4.72 Å². The van der Waals surface area contributed by atoms with Gasteiger partial charge in [-0.2, -0.15) is 0 Å². The number of carbonyl (C=O) groups excluding carboxylic acids is 2. The fourth-order valence-electron chi connectivity index (χ4n) is 0.896. The summed E-state index contributed by atoms with van der Waals surface area (Å²) in [6.45, 7) is 1.45. The summed E-state index contributed by atoms with van der Waals surface area (Å²) in [6.07, 6.45) is 0. The first kappa shape index (κ1) is 10.9. The highest BCUT2D eigenvalue weighted by Crippen LogP contribution is 2.07. The Morgan fingerprint density at radius 3 is 2.64 bits per heavy atom. The van der Waals surface area contributed by atoms with Crippen LogP contribution in [0.15, 0.2) is 0 Å². The number of amides is 3. The highest BCUT2D eigenvalue weighted by molar-refractivity contribution is 7.90. The zero-order chi connectivity index (χ0) is 10.9. The van der Waals surface area contributed by atoms with Crippen LogP contribution in [0.4, 0.5) is 4.79 Å². The maximum Gasteiger partial charge on any atom is 0.337 e. The zero-order valence-corrected chi connectivity index (χ0v) is 8.37. The van der Waals surface area contributed by atoms with E-state index in [-0.39, 0.29) is 12.3 Å². The van der Waals surface area contributed by atoms with E-state index in [0.717, 1.165) is 4.90 Å². The van der Waals surface area contributed by atoms with Crippen molar-refractivity contribution in [3.05, 3.63) is 0 Å². The van der Waals surface area contributed by atoms with Crippen LogP contribution in [-0.2, 0) is 14.8 Å². The van der Waals surface area contributed by atoms with E-state index in [1.165, 1.54) is 6.92 Å². The molecule has 1 aliphatic rings. The number of nitrogens with two attached hydrogens (primary N) is 1. The molecule has 1 fully saturated rings. The Hall–Kier alpha value is -1.15. The number of rotatable bonds is 2. The minimum atomic E-state index is -3.62. The summed E-state index contributed by atoms with van der Waals surface area (Å²) in [4.78, 5) is 22.8. The van der Waals surface area contributed by atoms with Crippen molar-refractivity contribution in [2.24, 2.45) is 5.73 Å². The SMILES string of the molecule is CCS(=O)(=O)NC(=O)N1C[C@H](N)C1=O. The average molecular weight is 221 g/mol. The number of urea groups is 1. The molecule has 0 unspecified atom stereocenters. The summed E-state index contributed by atoms with van der Waals surface area (Å²) in [6, 6.07) is -1.62. The Labute approximate surface area is 81.3 Å². The molecule has 7 nitrogen and oxygen atoms in total. The molecule has 0 aromatic rings. The van der Waals surface area contributed by atoms with Gasteiger partial charge >= 0.3 is 6.03 Å². The number of hydrogen-bond donors (Lipinski definition) is 2. The Morgan fingerprint density at radius 2 is 2.29 bits per heavy atom. The molecular formula is C6H11N3O4S. The van der Waals surface area contributed by atoms with Gasteiger partial charge in [-0.3, -0.25) is 9.69 Å². The molecule has 0 aliphatic carbocycles. The number of hydrogen-bond acceptors (Lipinski definition) is 5. The van der Waals surface area contributed by atoms with Gasteiger partial charge in [-0.25, -0.2) is 17.9 Å². The van der Waals surface area contributed by atoms with Gasteiger partial charge in [-0.15, -0.1) is 0 Å². The monoisotopic (exact) mass is 221 g/mol. The Balaban J connectivity index is 2.57. The van der Waals surface area contributed by atoms with Gasteiger partial charge in [0.1, 0.15) is 6.04 Å². The summed E-state index contributed by atoms with van der Waals surface area (Å²) in [5, 5.41) is 0. The molecule has 14 heavy (non-hydrogen) atoms. The summed E-state index contributed by atoms with van der Waals surface area (Å²) in [5.41, 5.74) is 5.23. The smallest absolute Gasteiger partial charge is 0.318 e. The van der Waals surface area contributed by atoms with Crippen LogP contribution in [0.5, 0.6) is 0 Å². The van der Waals surface area contributed by atoms with Gasteiger partial charge in [-0.1, -0.05) is 0 Å². The van der Waals surface area contributed by atoms with Crippen LogP contribution in [0.3, 0.4) is 0 Å². The Morgan fingerprint density at radius 1 is 1.71 bits per heavy atom. The van der Waals surface area contributed by atoms with E-state index in [0.29, 0.717) is 0 Å². The standard InChI is InChI=1S/C6H11N3O4S/c1-2-14(12,13)8-6(11)9-3-4(7)5(9)10/h4H,2-3,7H2,1H3,(H,8,11)/t4-/m0/s1. The lowest BCUT2D eigenvalue weighted by Gasteiger charge is -2.33. The van der Waals surface area contributed by atoms with Gasteiger partial charge in [0, 0.05) is 0 Å². The summed E-state index contributed by atoms with van der Waals surface area (Å²) < 4.78 is 23.6. The van der Waals surface area contributed by atoms with Gasteiger partial charge in [0.2, 0.25) is 15.9 Å². The molecule has 1 heterocycles. The van der Waals surface area contributed by atoms with Gasteiger partial charge in [0.15, 0.2) is 0 Å². The van der Waals surface area contributed by atoms with Crippen molar-refractivity contribution in [3.63, 3.8) is 0 Å². The summed E-state index contributed by atoms with van der Waals surface area (Å²) >= 11 is 0. The van der Waals surface area contributed by atoms with E-state index in [9.17, 15) is 18.0 Å². The molecular weight excluding hydrogens is 210 g/mol. The maximum atomic E-state index is 11.1. The second-order valence-electron chi connectivity index (χ2n) is 2.87. The molecule has 3 N–H and O–H groups in total. The molecule has 0 aromatic heterocycles. The number of carbonyl (C=O) groups is 2. The van der Waals surface area contributed by atoms with Crippen LogP contribution in [0.2, 0.25) is 0 Å². The lowest BCUT2D eigenvalue weighted by atomic mass is 10.1. The van der Waals surface area contributed by atoms with Crippen LogP contribution in [-0.4, -0.2) is 43.6 Å². The first-order valence-electron chi connectivity index (χ1n) is 3.99. The van der Waals surface area contributed by atoms with Crippen LogP contribution < -0.4 is 10.5 Å². The molecule has 0 bridgehead atoms. The lowest BCUT2D eigenvalue weighted by molar-refractivity contribution is -0.137. The number of imide groups is 1. The number of nitrogens with one attached hydrogen (secondary N) is 1. The zero-order valence-electron chi connectivity index (χ0n) is 7.56. The fraction of sp³-hybridized carbons (Fsp3) is 0.667. The topological polar surface area (TPSA) is 110 Å². The predicted molar refractivity (Wildman–Crippen MR) is 47.7 cm³/mol. The second kappa shape index (κ2) is 3.54. The molecule has 1 atom stereocenters. The highest BCUT2D eigenvalue weighted by Gasteiger charge is 2.39. The third-order valence-corrected chi connectivity index (χ3v) is 3.08. The molecule has 1 aliphatic heterocycles. The maximum absolute atomic E-state index is 11.1. The molecule has 0 spiro atoms. The lowest BCUT2D eigenvalue weighted by Crippen LogP contribution is -2.65. The molecule has 1 saturated heterocycles. The van der Waals surface area contributed by atoms with Crippen molar-refractivity contribution >= 4 is 22.0 Å². The molecule has 3 amide bonds. The minimum Gasteiger partial charge on any atom is -0.318 e. The first-order chi connectivity index (χ1) is 6.37. The average Bonchev–Trinajstić information content (AvgIpc) is 2.12. The van der Waals surface area contributed by atoms with Crippen LogP contribution in [0.1, 0.15) is 6.92 Å². The van der Waals surface area contributed by atoms with E-state index in [4.69, 9.17) is 5.73 Å². The third kappa shape index (κ3) is 2.02. The van der Waals surface area contributed by atoms with Crippen molar-refractivity contribution in [3.8, 4) is 0 Å². The van der Waals surface area contributed by atoms with Gasteiger partial charge in [-0.05, 0) is 6.92 Å². The number of likely N-dealkylation sites (tertiary alicyclic amines) is 1. The van der Waals surface area contributed by atoms with Crippen molar-refractivity contribution in [1.29, 1.82) is 0 Å². The minimum absolute atomic E-state index is 0.0594. The normalized spacial score (nSPS) is 21.7.